The van der Waals surface area contributed by atoms with Crippen LogP contribution in [0.4, 0.5) is 0 Å². The van der Waals surface area contributed by atoms with Gasteiger partial charge < -0.3 is 45.7 Å². The van der Waals surface area contributed by atoms with E-state index in [4.69, 9.17) is 4.55 Å². The number of nitrogens with one attached hydrogen (secondary N) is 2. The summed E-state index contributed by atoms with van der Waals surface area (Å²) < 4.78 is 35.8. The minimum atomic E-state index is -5.19. The molecule has 3 aromatic rings. The van der Waals surface area contributed by atoms with Crippen molar-refractivity contribution < 1.29 is 62.4 Å². The van der Waals surface area contributed by atoms with Crippen LogP contribution in [-0.4, -0.2) is 97.6 Å². The van der Waals surface area contributed by atoms with E-state index in [1.54, 1.807) is 12.1 Å². The number of amides is 2. The summed E-state index contributed by atoms with van der Waals surface area (Å²) in [5, 5.41) is 70.9. The number of oxime groups is 2. The standard InChI is InChI=1S/C31H29Br3N4O13S3/c32-20-9-15(1-2-25(20)39)12-23(37-46)29(42)35-3-5-52-53-6-4-36-30(43)24(38-47)13-16-7-18(27(40)21(33)10-16)19-8-17(11-22(34)28(19)41)14-26(31(44)45)51-54(48,49)50/h1-2,7-11,14,39-41,46-47H,3-6,12-13H2,(H,35,42)(H,36,43)(H,44,45)(H,48,49,50)/b26-14+,37-23+,38-24+. The lowest BCUT2D eigenvalue weighted by atomic mass is 9.97. The molecule has 17 nitrogen and oxygen atoms in total. The van der Waals surface area contributed by atoms with Gasteiger partial charge in [-0.15, -0.1) is 0 Å². The summed E-state index contributed by atoms with van der Waals surface area (Å²) in [5.74, 6) is -4.09. The first kappa shape index (κ1) is 44.4. The van der Waals surface area contributed by atoms with E-state index >= 15 is 0 Å². The number of rotatable bonds is 18. The third-order valence-electron chi connectivity index (χ3n) is 6.75. The molecule has 0 bridgehead atoms. The van der Waals surface area contributed by atoms with Gasteiger partial charge in [0.05, 0.1) is 13.4 Å². The summed E-state index contributed by atoms with van der Waals surface area (Å²) in [6.45, 7) is 0.436. The van der Waals surface area contributed by atoms with Crippen molar-refractivity contribution in [1.29, 1.82) is 0 Å². The van der Waals surface area contributed by atoms with E-state index in [0.717, 1.165) is 6.08 Å². The molecule has 0 aromatic heterocycles. The van der Waals surface area contributed by atoms with Gasteiger partial charge in [-0.25, -0.2) is 4.79 Å². The number of carbonyl (C=O) groups is 3. The maximum Gasteiger partial charge on any atom is 0.446 e. The molecular formula is C31H29Br3N4O13S3. The van der Waals surface area contributed by atoms with Crippen LogP contribution in [0.25, 0.3) is 17.2 Å². The fourth-order valence-corrected chi connectivity index (χ4v) is 7.93. The molecule has 9 N–H and O–H groups in total. The highest BCUT2D eigenvalue weighted by molar-refractivity contribution is 9.11. The van der Waals surface area contributed by atoms with Crippen molar-refractivity contribution in [3.8, 4) is 28.4 Å². The Bertz CT molecular complexity index is 2120. The maximum atomic E-state index is 12.8. The number of aliphatic carboxylic acids is 1. The molecule has 3 rings (SSSR count). The Kier molecular flexibility index (Phi) is 17.0. The van der Waals surface area contributed by atoms with Gasteiger partial charge in [-0.05, 0) is 107 Å². The first-order valence-electron chi connectivity index (χ1n) is 14.8. The normalized spacial score (nSPS) is 12.3. The lowest BCUT2D eigenvalue weighted by molar-refractivity contribution is -0.135. The molecular weight excluding hydrogens is 972 g/mol. The summed E-state index contributed by atoms with van der Waals surface area (Å²) in [5.41, 5.74) is 0.438. The van der Waals surface area contributed by atoms with Gasteiger partial charge in [0.25, 0.3) is 11.8 Å². The van der Waals surface area contributed by atoms with Crippen LogP contribution in [0.1, 0.15) is 16.7 Å². The number of benzene rings is 3. The van der Waals surface area contributed by atoms with Gasteiger partial charge in [0, 0.05) is 48.6 Å². The zero-order valence-electron chi connectivity index (χ0n) is 27.2. The number of carboxylic acids is 1. The van der Waals surface area contributed by atoms with Gasteiger partial charge in [0.2, 0.25) is 5.76 Å². The van der Waals surface area contributed by atoms with Crippen molar-refractivity contribution >= 4 is 115 Å². The third kappa shape index (κ3) is 13.4. The number of carbonyl (C=O) groups excluding carboxylic acids is 2. The number of hydrogen-bond donors (Lipinski definition) is 9. The lowest BCUT2D eigenvalue weighted by Crippen LogP contribution is -2.34. The fraction of sp³-hybridized carbons (Fsp3) is 0.194. The Balaban J connectivity index is 1.57. The molecule has 54 heavy (non-hydrogen) atoms. The minimum absolute atomic E-state index is 0.00227. The molecule has 3 aromatic carbocycles. The topological polar surface area (TPSA) is 285 Å². The fourth-order valence-electron chi connectivity index (χ4n) is 4.36. The van der Waals surface area contributed by atoms with Gasteiger partial charge >= 0.3 is 16.4 Å². The molecule has 2 amide bonds. The van der Waals surface area contributed by atoms with Crippen LogP contribution in [0.5, 0.6) is 17.2 Å². The molecule has 0 aliphatic heterocycles. The van der Waals surface area contributed by atoms with Crippen LogP contribution in [-0.2, 0) is 41.8 Å². The second kappa shape index (κ2) is 20.6. The largest absolute Gasteiger partial charge is 0.507 e. The molecule has 0 radical (unpaired) electrons. The summed E-state index contributed by atoms with van der Waals surface area (Å²) in [6.07, 6.45) is 0.545. The van der Waals surface area contributed by atoms with Crippen molar-refractivity contribution in [3.05, 3.63) is 78.3 Å². The highest BCUT2D eigenvalue weighted by atomic mass is 79.9. The summed E-state index contributed by atoms with van der Waals surface area (Å²) in [7, 11) is -2.38. The Morgan fingerprint density at radius 1 is 0.759 bits per heavy atom. The van der Waals surface area contributed by atoms with E-state index in [1.807, 2.05) is 0 Å². The molecule has 0 atom stereocenters. The van der Waals surface area contributed by atoms with E-state index < -0.39 is 39.7 Å². The van der Waals surface area contributed by atoms with Crippen LogP contribution in [0.15, 0.2) is 72.0 Å². The molecule has 0 unspecified atom stereocenters. The van der Waals surface area contributed by atoms with Crippen molar-refractivity contribution in [3.63, 3.8) is 0 Å². The molecule has 23 heteroatoms. The van der Waals surface area contributed by atoms with E-state index in [-0.39, 0.29) is 74.5 Å². The monoisotopic (exact) mass is 998 g/mol. The van der Waals surface area contributed by atoms with Crippen molar-refractivity contribution in [2.45, 2.75) is 12.8 Å². The van der Waals surface area contributed by atoms with Crippen molar-refractivity contribution in [2.75, 3.05) is 24.6 Å². The summed E-state index contributed by atoms with van der Waals surface area (Å²) in [4.78, 5) is 36.7. The first-order valence-corrected chi connectivity index (χ1v) is 21.0. The number of aromatic hydroxyl groups is 3. The van der Waals surface area contributed by atoms with Crippen LogP contribution < -0.4 is 10.6 Å². The first-order chi connectivity index (χ1) is 25.4. The SMILES string of the molecule is O=C(O)/C(=C\c1cc(Br)c(O)c(-c2cc(C/C(=N\O)C(=O)NCCSSCCNC(=O)/C(Cc3ccc(O)c(Br)c3)=N/O)cc(Br)c2O)c1)OS(=O)(=O)O. The van der Waals surface area contributed by atoms with E-state index in [0.29, 0.717) is 27.1 Å². The Labute approximate surface area is 340 Å². The highest BCUT2D eigenvalue weighted by Crippen LogP contribution is 2.44. The van der Waals surface area contributed by atoms with Crippen LogP contribution >= 0.6 is 69.4 Å². The minimum Gasteiger partial charge on any atom is -0.507 e. The third-order valence-corrected chi connectivity index (χ3v) is 11.4. The Morgan fingerprint density at radius 2 is 1.26 bits per heavy atom. The van der Waals surface area contributed by atoms with E-state index in [2.05, 4.69) is 72.9 Å². The van der Waals surface area contributed by atoms with Crippen molar-refractivity contribution in [2.24, 2.45) is 10.3 Å². The van der Waals surface area contributed by atoms with E-state index in [1.165, 1.54) is 51.9 Å². The molecule has 290 valence electrons. The number of phenolic OH excluding ortho intramolecular Hbond substituents is 3. The molecule has 0 fully saturated rings. The number of phenols is 3. The average molecular weight is 1000 g/mol. The number of nitrogens with zero attached hydrogens (tertiary/aromatic N) is 2. The molecule has 0 heterocycles. The van der Waals surface area contributed by atoms with E-state index in [9.17, 15) is 53.6 Å². The highest BCUT2D eigenvalue weighted by Gasteiger charge is 2.22. The number of carboxylic acid groups (broad SMARTS) is 1. The van der Waals surface area contributed by atoms with Gasteiger partial charge in [-0.1, -0.05) is 38.0 Å². The van der Waals surface area contributed by atoms with Gasteiger partial charge in [-0.3, -0.25) is 14.1 Å². The molecule has 0 saturated heterocycles. The second-order valence-electron chi connectivity index (χ2n) is 10.6. The van der Waals surface area contributed by atoms with Crippen molar-refractivity contribution in [1.82, 2.24) is 10.6 Å². The maximum absolute atomic E-state index is 12.8. The molecule has 0 saturated carbocycles. The predicted octanol–water partition coefficient (Wildman–Crippen LogP) is 5.06. The quantitative estimate of drug-likeness (QED) is 0.0118. The zero-order valence-corrected chi connectivity index (χ0v) is 34.4. The molecule has 0 spiro atoms. The van der Waals surface area contributed by atoms with Gasteiger partial charge in [-0.2, -0.15) is 8.42 Å². The van der Waals surface area contributed by atoms with Gasteiger partial charge in [0.15, 0.2) is 0 Å². The van der Waals surface area contributed by atoms with Gasteiger partial charge in [0.1, 0.15) is 28.7 Å². The van der Waals surface area contributed by atoms with Crippen LogP contribution in [0.3, 0.4) is 0 Å². The Morgan fingerprint density at radius 3 is 1.76 bits per heavy atom. The van der Waals surface area contributed by atoms with Crippen LogP contribution in [0.2, 0.25) is 0 Å². The zero-order chi connectivity index (χ0) is 40.2. The average Bonchev–Trinajstić information content (AvgIpc) is 3.10. The second-order valence-corrected chi connectivity index (χ2v) is 16.9. The summed E-state index contributed by atoms with van der Waals surface area (Å²) >= 11 is 9.51. The van der Waals surface area contributed by atoms with Crippen LogP contribution in [0, 0.1) is 0 Å². The smallest absolute Gasteiger partial charge is 0.446 e. The summed E-state index contributed by atoms with van der Waals surface area (Å²) in [6, 6.07) is 9.85. The Hall–Kier alpha value is -4.00. The number of hydrogen-bond acceptors (Lipinski definition) is 15. The number of halogens is 3. The molecule has 0 aliphatic carbocycles. The lowest BCUT2D eigenvalue weighted by Gasteiger charge is -2.14. The predicted molar refractivity (Wildman–Crippen MR) is 211 cm³/mol. The molecule has 0 aliphatic rings.